The molecule has 0 radical (unpaired) electrons. The summed E-state index contributed by atoms with van der Waals surface area (Å²) >= 11 is 1.57. The van der Waals surface area contributed by atoms with Gasteiger partial charge in [-0.05, 0) is 12.8 Å². The van der Waals surface area contributed by atoms with Gasteiger partial charge in [0.25, 0.3) is 0 Å². The normalized spacial score (nSPS) is 27.4. The lowest BCUT2D eigenvalue weighted by atomic mass is 9.94. The highest BCUT2D eigenvalue weighted by Crippen LogP contribution is 2.25. The van der Waals surface area contributed by atoms with Crippen molar-refractivity contribution < 1.29 is 9.90 Å². The molecule has 0 aromatic carbocycles. The largest absolute Gasteiger partial charge is 0.481 e. The average molecular weight is 212 g/mol. The fraction of sp³-hybridized carbons (Fsp3) is 0.556. The van der Waals surface area contributed by atoms with Crippen molar-refractivity contribution in [1.82, 2.24) is 10.3 Å². The summed E-state index contributed by atoms with van der Waals surface area (Å²) in [5, 5.41) is 14.0. The Morgan fingerprint density at radius 3 is 3.00 bits per heavy atom. The Morgan fingerprint density at radius 1 is 1.64 bits per heavy atom. The quantitative estimate of drug-likeness (QED) is 0.775. The minimum absolute atomic E-state index is 0.232. The maximum Gasteiger partial charge on any atom is 0.307 e. The number of nitrogens with one attached hydrogen (secondary N) is 1. The van der Waals surface area contributed by atoms with Crippen molar-refractivity contribution in [3.8, 4) is 0 Å². The van der Waals surface area contributed by atoms with E-state index in [0.717, 1.165) is 18.5 Å². The van der Waals surface area contributed by atoms with Gasteiger partial charge in [0, 0.05) is 11.9 Å². The van der Waals surface area contributed by atoms with Crippen LogP contribution in [0.1, 0.15) is 24.6 Å². The predicted molar refractivity (Wildman–Crippen MR) is 53.2 cm³/mol. The van der Waals surface area contributed by atoms with E-state index in [1.807, 2.05) is 5.38 Å². The Hall–Kier alpha value is -0.940. The SMILES string of the molecule is O=C(O)C1CCC(c2cscn2)NC1. The molecule has 0 spiro atoms. The molecule has 2 N–H and O–H groups in total. The molecule has 0 amide bonds. The third-order valence-corrected chi connectivity index (χ3v) is 3.18. The van der Waals surface area contributed by atoms with Crippen molar-refractivity contribution in [2.75, 3.05) is 6.54 Å². The van der Waals surface area contributed by atoms with Crippen molar-refractivity contribution in [3.63, 3.8) is 0 Å². The zero-order chi connectivity index (χ0) is 9.97. The number of aliphatic carboxylic acids is 1. The molecule has 1 aromatic heterocycles. The molecule has 0 saturated carbocycles. The first-order valence-corrected chi connectivity index (χ1v) is 5.56. The highest BCUT2D eigenvalue weighted by molar-refractivity contribution is 7.07. The zero-order valence-electron chi connectivity index (χ0n) is 7.64. The predicted octanol–water partition coefficient (Wildman–Crippen LogP) is 1.27. The average Bonchev–Trinajstić information content (AvgIpc) is 2.71. The lowest BCUT2D eigenvalue weighted by Crippen LogP contribution is -2.36. The summed E-state index contributed by atoms with van der Waals surface area (Å²) in [5.74, 6) is -0.931. The summed E-state index contributed by atoms with van der Waals surface area (Å²) in [4.78, 5) is 14.9. The number of nitrogens with zero attached hydrogens (tertiary/aromatic N) is 1. The maximum atomic E-state index is 10.7. The molecule has 1 aromatic rings. The highest BCUT2D eigenvalue weighted by Gasteiger charge is 2.26. The van der Waals surface area contributed by atoms with Gasteiger partial charge in [-0.2, -0.15) is 0 Å². The number of hydrogen-bond donors (Lipinski definition) is 2. The number of rotatable bonds is 2. The molecular weight excluding hydrogens is 200 g/mol. The van der Waals surface area contributed by atoms with Crippen LogP contribution in [-0.2, 0) is 4.79 Å². The molecule has 76 valence electrons. The molecular formula is C9H12N2O2S. The van der Waals surface area contributed by atoms with Gasteiger partial charge in [-0.3, -0.25) is 4.79 Å². The van der Waals surface area contributed by atoms with Crippen molar-refractivity contribution >= 4 is 17.3 Å². The second-order valence-electron chi connectivity index (χ2n) is 3.49. The molecule has 1 saturated heterocycles. The lowest BCUT2D eigenvalue weighted by Gasteiger charge is -2.26. The number of piperidine rings is 1. The Balaban J connectivity index is 1.93. The molecule has 4 nitrogen and oxygen atoms in total. The van der Waals surface area contributed by atoms with Crippen molar-refractivity contribution in [2.24, 2.45) is 5.92 Å². The number of carboxylic acids is 1. The third kappa shape index (κ3) is 1.93. The van der Waals surface area contributed by atoms with E-state index in [9.17, 15) is 4.79 Å². The topological polar surface area (TPSA) is 62.2 Å². The molecule has 14 heavy (non-hydrogen) atoms. The summed E-state index contributed by atoms with van der Waals surface area (Å²) in [5.41, 5.74) is 2.85. The minimum Gasteiger partial charge on any atom is -0.481 e. The second-order valence-corrected chi connectivity index (χ2v) is 4.21. The van der Waals surface area contributed by atoms with Gasteiger partial charge in [-0.25, -0.2) is 4.98 Å². The molecule has 1 aliphatic heterocycles. The molecule has 5 heteroatoms. The van der Waals surface area contributed by atoms with Crippen molar-refractivity contribution in [1.29, 1.82) is 0 Å². The van der Waals surface area contributed by atoms with E-state index in [0.29, 0.717) is 6.54 Å². The summed E-state index contributed by atoms with van der Waals surface area (Å²) in [7, 11) is 0. The van der Waals surface area contributed by atoms with Gasteiger partial charge in [0.1, 0.15) is 0 Å². The number of hydrogen-bond acceptors (Lipinski definition) is 4. The van der Waals surface area contributed by atoms with Crippen LogP contribution in [0.25, 0.3) is 0 Å². The van der Waals surface area contributed by atoms with Crippen LogP contribution in [-0.4, -0.2) is 22.6 Å². The second kappa shape index (κ2) is 4.06. The third-order valence-electron chi connectivity index (χ3n) is 2.57. The van der Waals surface area contributed by atoms with Crippen LogP contribution >= 0.6 is 11.3 Å². The van der Waals surface area contributed by atoms with Crippen LogP contribution in [0.3, 0.4) is 0 Å². The minimum atomic E-state index is -0.700. The summed E-state index contributed by atoms with van der Waals surface area (Å²) in [6.45, 7) is 0.553. The molecule has 1 fully saturated rings. The Kier molecular flexibility index (Phi) is 2.79. The standard InChI is InChI=1S/C9H12N2O2S/c12-9(13)6-1-2-7(10-3-6)8-4-14-5-11-8/h4-7,10H,1-3H2,(H,12,13). The van der Waals surface area contributed by atoms with E-state index in [4.69, 9.17) is 5.11 Å². The summed E-state index contributed by atoms with van der Waals surface area (Å²) in [6, 6.07) is 0.247. The van der Waals surface area contributed by atoms with Gasteiger partial charge in [-0.1, -0.05) is 0 Å². The van der Waals surface area contributed by atoms with E-state index >= 15 is 0 Å². The van der Waals surface area contributed by atoms with Gasteiger partial charge in [0.15, 0.2) is 0 Å². The molecule has 0 aliphatic carbocycles. The summed E-state index contributed by atoms with van der Waals surface area (Å²) < 4.78 is 0. The van der Waals surface area contributed by atoms with Crippen LogP contribution in [0, 0.1) is 5.92 Å². The van der Waals surface area contributed by atoms with Gasteiger partial charge in [0.2, 0.25) is 0 Å². The Labute approximate surface area is 86.0 Å². The Bertz CT molecular complexity index is 305. The first kappa shape index (κ1) is 9.61. The van der Waals surface area contributed by atoms with Crippen molar-refractivity contribution in [2.45, 2.75) is 18.9 Å². The monoisotopic (exact) mass is 212 g/mol. The van der Waals surface area contributed by atoms with E-state index < -0.39 is 5.97 Å². The first-order valence-electron chi connectivity index (χ1n) is 4.61. The van der Waals surface area contributed by atoms with Gasteiger partial charge >= 0.3 is 5.97 Å². The number of carbonyl (C=O) groups is 1. The van der Waals surface area contributed by atoms with Gasteiger partial charge < -0.3 is 10.4 Å². The van der Waals surface area contributed by atoms with Gasteiger partial charge in [0.05, 0.1) is 23.2 Å². The van der Waals surface area contributed by atoms with Crippen LogP contribution in [0.4, 0.5) is 0 Å². The maximum absolute atomic E-state index is 10.7. The van der Waals surface area contributed by atoms with Crippen LogP contribution in [0.2, 0.25) is 0 Å². The van der Waals surface area contributed by atoms with E-state index in [1.165, 1.54) is 0 Å². The Morgan fingerprint density at radius 2 is 2.50 bits per heavy atom. The fourth-order valence-electron chi connectivity index (χ4n) is 1.71. The molecule has 2 rings (SSSR count). The first-order chi connectivity index (χ1) is 6.77. The van der Waals surface area contributed by atoms with E-state index in [2.05, 4.69) is 10.3 Å². The molecule has 2 heterocycles. The number of aromatic nitrogens is 1. The fourth-order valence-corrected chi connectivity index (χ4v) is 2.32. The zero-order valence-corrected chi connectivity index (χ0v) is 8.46. The van der Waals surface area contributed by atoms with E-state index in [1.54, 1.807) is 16.8 Å². The van der Waals surface area contributed by atoms with Crippen LogP contribution < -0.4 is 5.32 Å². The molecule has 2 unspecified atom stereocenters. The number of carboxylic acid groups (broad SMARTS) is 1. The molecule has 0 bridgehead atoms. The van der Waals surface area contributed by atoms with E-state index in [-0.39, 0.29) is 12.0 Å². The van der Waals surface area contributed by atoms with Crippen LogP contribution in [0.5, 0.6) is 0 Å². The molecule has 1 aliphatic rings. The van der Waals surface area contributed by atoms with Crippen LogP contribution in [0.15, 0.2) is 10.9 Å². The van der Waals surface area contributed by atoms with Crippen molar-refractivity contribution in [3.05, 3.63) is 16.6 Å². The summed E-state index contributed by atoms with van der Waals surface area (Å²) in [6.07, 6.45) is 1.60. The molecule has 2 atom stereocenters. The smallest absolute Gasteiger partial charge is 0.307 e. The highest BCUT2D eigenvalue weighted by atomic mass is 32.1. The number of thiazole rings is 1. The lowest BCUT2D eigenvalue weighted by molar-refractivity contribution is -0.142. The van der Waals surface area contributed by atoms with Gasteiger partial charge in [-0.15, -0.1) is 11.3 Å².